The van der Waals surface area contributed by atoms with Crippen molar-refractivity contribution in [2.75, 3.05) is 11.9 Å². The Balaban J connectivity index is 1.84. The Bertz CT molecular complexity index is 763. The molecule has 0 bridgehead atoms. The van der Waals surface area contributed by atoms with Crippen LogP contribution in [-0.2, 0) is 14.3 Å². The number of esters is 1. The van der Waals surface area contributed by atoms with Gasteiger partial charge in [0.1, 0.15) is 5.75 Å². The predicted molar refractivity (Wildman–Crippen MR) is 89.2 cm³/mol. The van der Waals surface area contributed by atoms with E-state index in [4.69, 9.17) is 9.47 Å². The highest BCUT2D eigenvalue weighted by molar-refractivity contribution is 5.95. The Hall–Kier alpha value is -3.42. The van der Waals surface area contributed by atoms with Crippen LogP contribution in [0.2, 0.25) is 0 Å². The van der Waals surface area contributed by atoms with E-state index < -0.39 is 22.9 Å². The van der Waals surface area contributed by atoms with E-state index in [0.29, 0.717) is 5.75 Å². The second kappa shape index (κ2) is 8.44. The van der Waals surface area contributed by atoms with Crippen LogP contribution in [0.4, 0.5) is 11.4 Å². The highest BCUT2D eigenvalue weighted by Crippen LogP contribution is 2.17. The highest BCUT2D eigenvalue weighted by atomic mass is 16.6. The fraction of sp³-hybridized carbons (Fsp3) is 0.176. The van der Waals surface area contributed by atoms with E-state index in [0.717, 1.165) is 0 Å². The van der Waals surface area contributed by atoms with Gasteiger partial charge in [0.25, 0.3) is 11.6 Å². The molecule has 0 radical (unpaired) electrons. The lowest BCUT2D eigenvalue weighted by Crippen LogP contribution is -2.31. The first kappa shape index (κ1) is 17.9. The summed E-state index contributed by atoms with van der Waals surface area (Å²) in [7, 11) is 0. The summed E-state index contributed by atoms with van der Waals surface area (Å²) in [6.45, 7) is 1.06. The molecule has 130 valence electrons. The molecule has 8 nitrogen and oxygen atoms in total. The Morgan fingerprint density at radius 1 is 1.16 bits per heavy atom. The van der Waals surface area contributed by atoms with Crippen LogP contribution in [0.1, 0.15) is 6.92 Å². The number of carbonyl (C=O) groups is 2. The number of nitro groups is 1. The molecule has 2 rings (SSSR count). The number of rotatable bonds is 7. The number of nitro benzene ring substituents is 1. The number of ether oxygens (including phenoxy) is 2. The molecule has 0 saturated heterocycles. The first-order valence-electron chi connectivity index (χ1n) is 7.38. The Labute approximate surface area is 143 Å². The van der Waals surface area contributed by atoms with Crippen LogP contribution >= 0.6 is 0 Å². The van der Waals surface area contributed by atoms with Crippen molar-refractivity contribution < 1.29 is 24.0 Å². The van der Waals surface area contributed by atoms with Crippen LogP contribution in [0.15, 0.2) is 54.6 Å². The number of anilines is 1. The number of para-hydroxylation sites is 1. The number of hydrogen-bond acceptors (Lipinski definition) is 6. The van der Waals surface area contributed by atoms with Gasteiger partial charge in [-0.2, -0.15) is 0 Å². The van der Waals surface area contributed by atoms with E-state index in [1.807, 2.05) is 6.07 Å². The van der Waals surface area contributed by atoms with Crippen molar-refractivity contribution in [3.05, 3.63) is 64.7 Å². The summed E-state index contributed by atoms with van der Waals surface area (Å²) in [6.07, 6.45) is -1.08. The summed E-state index contributed by atoms with van der Waals surface area (Å²) in [5, 5.41) is 13.2. The molecule has 0 saturated carbocycles. The lowest BCUT2D eigenvalue weighted by atomic mass is 10.2. The van der Waals surface area contributed by atoms with Gasteiger partial charge >= 0.3 is 5.97 Å². The normalized spacial score (nSPS) is 11.2. The van der Waals surface area contributed by atoms with Crippen molar-refractivity contribution in [2.24, 2.45) is 0 Å². The van der Waals surface area contributed by atoms with Crippen LogP contribution < -0.4 is 10.1 Å². The van der Waals surface area contributed by atoms with Gasteiger partial charge in [-0.1, -0.05) is 24.3 Å². The number of carbonyl (C=O) groups excluding carboxylic acids is 2. The van der Waals surface area contributed by atoms with Gasteiger partial charge in [-0.15, -0.1) is 0 Å². The molecule has 1 N–H and O–H groups in total. The topological polar surface area (TPSA) is 108 Å². The van der Waals surface area contributed by atoms with Gasteiger partial charge in [-0.3, -0.25) is 14.9 Å². The summed E-state index contributed by atoms with van der Waals surface area (Å²) in [5.41, 5.74) is 0.0846. The Kier molecular flexibility index (Phi) is 6.05. The fourth-order valence-electron chi connectivity index (χ4n) is 1.88. The first-order valence-corrected chi connectivity index (χ1v) is 7.38. The summed E-state index contributed by atoms with van der Waals surface area (Å²) >= 11 is 0. The number of benzene rings is 2. The van der Waals surface area contributed by atoms with E-state index in [-0.39, 0.29) is 18.0 Å². The Morgan fingerprint density at radius 3 is 2.56 bits per heavy atom. The van der Waals surface area contributed by atoms with Gasteiger partial charge in [0.15, 0.2) is 12.7 Å². The third-order valence-corrected chi connectivity index (χ3v) is 3.10. The highest BCUT2D eigenvalue weighted by Gasteiger charge is 2.19. The summed E-state index contributed by atoms with van der Waals surface area (Å²) in [4.78, 5) is 33.9. The first-order chi connectivity index (χ1) is 12.0. The number of hydrogen-bond donors (Lipinski definition) is 1. The number of non-ortho nitro benzene ring substituents is 1. The van der Waals surface area contributed by atoms with E-state index in [9.17, 15) is 19.7 Å². The van der Waals surface area contributed by atoms with Gasteiger partial charge in [-0.25, -0.2) is 4.79 Å². The minimum Gasteiger partial charge on any atom is -0.482 e. The van der Waals surface area contributed by atoms with Crippen molar-refractivity contribution in [3.63, 3.8) is 0 Å². The zero-order chi connectivity index (χ0) is 18.2. The SMILES string of the molecule is CC(OC(=O)COc1ccccc1)C(=O)Nc1cccc([N+](=O)[O-])c1. The third-order valence-electron chi connectivity index (χ3n) is 3.10. The minimum absolute atomic E-state index is 0.154. The maximum absolute atomic E-state index is 12.0. The third kappa shape index (κ3) is 5.61. The molecule has 1 unspecified atom stereocenters. The zero-order valence-electron chi connectivity index (χ0n) is 13.4. The number of amides is 1. The van der Waals surface area contributed by atoms with E-state index in [2.05, 4.69) is 5.32 Å². The van der Waals surface area contributed by atoms with Crippen LogP contribution in [-0.4, -0.2) is 29.5 Å². The molecule has 0 aliphatic rings. The van der Waals surface area contributed by atoms with Crippen LogP contribution in [0.5, 0.6) is 5.75 Å². The molecule has 0 aliphatic heterocycles. The van der Waals surface area contributed by atoms with Gasteiger partial charge in [0.05, 0.1) is 4.92 Å². The molecule has 0 aliphatic carbocycles. The minimum atomic E-state index is -1.08. The average molecular weight is 344 g/mol. The molecule has 0 heterocycles. The van der Waals surface area contributed by atoms with E-state index in [1.54, 1.807) is 24.3 Å². The quantitative estimate of drug-likeness (QED) is 0.470. The maximum Gasteiger partial charge on any atom is 0.344 e. The monoisotopic (exact) mass is 344 g/mol. The lowest BCUT2D eigenvalue weighted by molar-refractivity contribution is -0.384. The molecular formula is C17H16N2O6. The van der Waals surface area contributed by atoms with Crippen molar-refractivity contribution in [1.82, 2.24) is 0 Å². The van der Waals surface area contributed by atoms with Gasteiger partial charge < -0.3 is 14.8 Å². The van der Waals surface area contributed by atoms with Crippen LogP contribution in [0.25, 0.3) is 0 Å². The van der Waals surface area contributed by atoms with Crippen LogP contribution in [0.3, 0.4) is 0 Å². The molecule has 25 heavy (non-hydrogen) atoms. The molecule has 0 fully saturated rings. The largest absolute Gasteiger partial charge is 0.482 e. The zero-order valence-corrected chi connectivity index (χ0v) is 13.4. The standard InChI is InChI=1S/C17H16N2O6/c1-12(25-16(20)11-24-15-8-3-2-4-9-15)17(21)18-13-6-5-7-14(10-13)19(22)23/h2-10,12H,11H2,1H3,(H,18,21). The lowest BCUT2D eigenvalue weighted by Gasteiger charge is -2.14. The smallest absolute Gasteiger partial charge is 0.344 e. The van der Waals surface area contributed by atoms with Crippen molar-refractivity contribution >= 4 is 23.3 Å². The number of nitrogens with one attached hydrogen (secondary N) is 1. The second-order valence-corrected chi connectivity index (χ2v) is 5.03. The van der Waals surface area contributed by atoms with E-state index >= 15 is 0 Å². The van der Waals surface area contributed by atoms with Crippen molar-refractivity contribution in [3.8, 4) is 5.75 Å². The molecular weight excluding hydrogens is 328 g/mol. The number of nitrogens with zero attached hydrogens (tertiary/aromatic N) is 1. The summed E-state index contributed by atoms with van der Waals surface area (Å²) in [5.74, 6) is -0.799. The summed E-state index contributed by atoms with van der Waals surface area (Å²) in [6, 6.07) is 14.2. The Morgan fingerprint density at radius 2 is 1.88 bits per heavy atom. The van der Waals surface area contributed by atoms with Gasteiger partial charge in [-0.05, 0) is 25.1 Å². The summed E-state index contributed by atoms with van der Waals surface area (Å²) < 4.78 is 10.2. The predicted octanol–water partition coefficient (Wildman–Crippen LogP) is 2.54. The molecule has 2 aromatic carbocycles. The van der Waals surface area contributed by atoms with Gasteiger partial charge in [0, 0.05) is 17.8 Å². The molecule has 2 aromatic rings. The maximum atomic E-state index is 12.0. The molecule has 1 amide bonds. The molecule has 1 atom stereocenters. The molecule has 0 aromatic heterocycles. The van der Waals surface area contributed by atoms with Gasteiger partial charge in [0.2, 0.25) is 0 Å². The van der Waals surface area contributed by atoms with Crippen LogP contribution in [0, 0.1) is 10.1 Å². The van der Waals surface area contributed by atoms with E-state index in [1.165, 1.54) is 31.2 Å². The fourth-order valence-corrected chi connectivity index (χ4v) is 1.88. The average Bonchev–Trinajstić information content (AvgIpc) is 2.61. The molecule has 8 heteroatoms. The molecule has 0 spiro atoms. The second-order valence-electron chi connectivity index (χ2n) is 5.03. The van der Waals surface area contributed by atoms with Crippen molar-refractivity contribution in [1.29, 1.82) is 0 Å². The van der Waals surface area contributed by atoms with Crippen molar-refractivity contribution in [2.45, 2.75) is 13.0 Å².